The molecule has 0 spiro atoms. The predicted molar refractivity (Wildman–Crippen MR) is 297 cm³/mol. The van der Waals surface area contributed by atoms with Crippen molar-refractivity contribution in [1.82, 2.24) is 4.57 Å². The second-order valence-electron chi connectivity index (χ2n) is 24.7. The third-order valence-corrected chi connectivity index (χ3v) is 17.8. The summed E-state index contributed by atoms with van der Waals surface area (Å²) >= 11 is 0. The lowest BCUT2D eigenvalue weighted by molar-refractivity contribution is 0.331. The summed E-state index contributed by atoms with van der Waals surface area (Å²) in [5, 5.41) is 8.91. The van der Waals surface area contributed by atoms with Crippen LogP contribution in [0.1, 0.15) is 128 Å². The molecule has 0 amide bonds. The maximum atomic E-state index is 6.63. The summed E-state index contributed by atoms with van der Waals surface area (Å²) in [4.78, 5) is 0. The number of para-hydroxylation sites is 1. The summed E-state index contributed by atoms with van der Waals surface area (Å²) in [6, 6.07) is 51.4. The lowest BCUT2D eigenvalue weighted by Crippen LogP contribution is -2.37. The van der Waals surface area contributed by atoms with Crippen molar-refractivity contribution in [3.63, 3.8) is 0 Å². The van der Waals surface area contributed by atoms with Crippen molar-refractivity contribution < 1.29 is 4.42 Å². The Hall–Kier alpha value is -6.78. The first kappa shape index (κ1) is 42.1. The first-order chi connectivity index (χ1) is 33.3. The van der Waals surface area contributed by atoms with Gasteiger partial charge in [0.1, 0.15) is 11.2 Å². The number of nitrogens with zero attached hydrogens (tertiary/aromatic N) is 1. The average Bonchev–Trinajstić information content (AvgIpc) is 3.99. The second kappa shape index (κ2) is 13.5. The molecular formula is C66H60BN2O. The van der Waals surface area contributed by atoms with E-state index in [0.29, 0.717) is 0 Å². The average molecular weight is 908 g/mol. The number of nitrogens with one attached hydrogen (secondary N) is 1. The van der Waals surface area contributed by atoms with Gasteiger partial charge < -0.3 is 14.3 Å². The van der Waals surface area contributed by atoms with E-state index in [1.807, 2.05) is 0 Å². The van der Waals surface area contributed by atoms with Crippen LogP contribution < -0.4 is 16.2 Å². The molecule has 4 heteroatoms. The minimum atomic E-state index is -0.192. The van der Waals surface area contributed by atoms with E-state index < -0.39 is 0 Å². The fourth-order valence-electron chi connectivity index (χ4n) is 13.6. The van der Waals surface area contributed by atoms with Gasteiger partial charge in [0.15, 0.2) is 7.28 Å². The van der Waals surface area contributed by atoms with E-state index >= 15 is 0 Å². The van der Waals surface area contributed by atoms with Crippen LogP contribution in [0.15, 0.2) is 138 Å². The molecule has 3 nitrogen and oxygen atoms in total. The van der Waals surface area contributed by atoms with E-state index in [1.54, 1.807) is 0 Å². The van der Waals surface area contributed by atoms with Crippen LogP contribution in [0.5, 0.6) is 0 Å². The zero-order chi connectivity index (χ0) is 48.2. The number of aromatic nitrogens is 1. The Bertz CT molecular complexity index is 3970. The van der Waals surface area contributed by atoms with E-state index in [9.17, 15) is 0 Å². The second-order valence-corrected chi connectivity index (χ2v) is 24.7. The quantitative estimate of drug-likeness (QED) is 0.179. The van der Waals surface area contributed by atoms with Crippen molar-refractivity contribution in [2.24, 2.45) is 0 Å². The molecule has 343 valence electrons. The van der Waals surface area contributed by atoms with Gasteiger partial charge in [0.2, 0.25) is 0 Å². The number of benzene rings is 8. The summed E-state index contributed by atoms with van der Waals surface area (Å²) in [5.41, 5.74) is 27.8. The molecule has 8 aromatic carbocycles. The van der Waals surface area contributed by atoms with Crippen LogP contribution in [0, 0.1) is 0 Å². The molecule has 2 aromatic heterocycles. The molecule has 1 aliphatic heterocycles. The molecule has 0 unspecified atom stereocenters. The summed E-state index contributed by atoms with van der Waals surface area (Å²) in [7, 11) is 2.46. The number of anilines is 2. The Morgan fingerprint density at radius 3 is 1.93 bits per heavy atom. The molecule has 0 saturated heterocycles. The van der Waals surface area contributed by atoms with E-state index in [0.717, 1.165) is 38.8 Å². The third-order valence-electron chi connectivity index (χ3n) is 17.8. The fourth-order valence-corrected chi connectivity index (χ4v) is 13.6. The van der Waals surface area contributed by atoms with Crippen molar-refractivity contribution in [3.8, 4) is 39.1 Å². The summed E-state index contributed by atoms with van der Waals surface area (Å²) < 4.78 is 9.22. The van der Waals surface area contributed by atoms with Crippen molar-refractivity contribution in [1.29, 1.82) is 0 Å². The topological polar surface area (TPSA) is 30.1 Å². The number of hydrogen-bond donors (Lipinski definition) is 1. The van der Waals surface area contributed by atoms with Gasteiger partial charge in [-0.3, -0.25) is 0 Å². The van der Waals surface area contributed by atoms with E-state index in [4.69, 9.17) is 4.42 Å². The Morgan fingerprint density at radius 1 is 0.500 bits per heavy atom. The number of rotatable bonds is 3. The smallest absolute Gasteiger partial charge is 0.198 e. The number of fused-ring (bicyclic) bond motifs is 15. The van der Waals surface area contributed by atoms with Crippen LogP contribution in [-0.4, -0.2) is 11.8 Å². The van der Waals surface area contributed by atoms with Crippen LogP contribution >= 0.6 is 0 Å². The molecule has 0 fully saturated rings. The Kier molecular flexibility index (Phi) is 8.15. The molecule has 4 aliphatic rings. The molecule has 14 rings (SSSR count). The molecule has 10 aromatic rings. The highest BCUT2D eigenvalue weighted by Gasteiger charge is 2.44. The van der Waals surface area contributed by atoms with Crippen LogP contribution in [0.4, 0.5) is 11.4 Å². The van der Waals surface area contributed by atoms with Gasteiger partial charge in [-0.1, -0.05) is 154 Å². The Labute approximate surface area is 413 Å². The van der Waals surface area contributed by atoms with Gasteiger partial charge in [-0.2, -0.15) is 0 Å². The first-order valence-electron chi connectivity index (χ1n) is 25.6. The van der Waals surface area contributed by atoms with Crippen LogP contribution in [-0.2, 0) is 27.1 Å². The van der Waals surface area contributed by atoms with Crippen LogP contribution in [0.25, 0.3) is 82.8 Å². The van der Waals surface area contributed by atoms with Gasteiger partial charge in [0.25, 0.3) is 0 Å². The zero-order valence-electron chi connectivity index (χ0n) is 42.5. The molecule has 3 aliphatic carbocycles. The van der Waals surface area contributed by atoms with E-state index in [-0.39, 0.29) is 27.1 Å². The normalized spacial score (nSPS) is 17.2. The van der Waals surface area contributed by atoms with Crippen molar-refractivity contribution in [2.45, 2.75) is 116 Å². The van der Waals surface area contributed by atoms with Gasteiger partial charge in [0, 0.05) is 60.5 Å². The summed E-state index contributed by atoms with van der Waals surface area (Å²) in [6.45, 7) is 26.4. The maximum Gasteiger partial charge on any atom is 0.198 e. The number of hydrogen-bond acceptors (Lipinski definition) is 2. The highest BCUT2D eigenvalue weighted by Crippen LogP contribution is 2.57. The standard InChI is InChI=1S/C66H60BN2O/c1-62(2,3)36-20-22-37(23-21-36)68-55-34-51-42(43-29-52-53(33-50(43)66(51,10)11)64(6,7)27-26-63(52,4)5)28-45(55)40-24-25-41-46-30-49-44(38-16-12-14-18-48(38)65(49,8)9)31-56(46)69-57-32-47-39-17-13-15-19-58(39)70-59(47)35-54(57)67-60(40)61(41)69/h12-25,28-35,68H,26-27H2,1-11H3. The molecule has 1 radical (unpaired) electrons. The first-order valence-corrected chi connectivity index (χ1v) is 25.6. The Morgan fingerprint density at radius 2 is 1.16 bits per heavy atom. The van der Waals surface area contributed by atoms with Crippen LogP contribution in [0.2, 0.25) is 0 Å². The largest absolute Gasteiger partial charge is 0.456 e. The van der Waals surface area contributed by atoms with Crippen molar-refractivity contribution in [3.05, 3.63) is 172 Å². The molecule has 70 heavy (non-hydrogen) atoms. The highest BCUT2D eigenvalue weighted by atomic mass is 16.3. The van der Waals surface area contributed by atoms with Gasteiger partial charge in [-0.15, -0.1) is 0 Å². The van der Waals surface area contributed by atoms with Crippen molar-refractivity contribution >= 4 is 73.3 Å². The Balaban J connectivity index is 1.06. The highest BCUT2D eigenvalue weighted by molar-refractivity contribution is 6.73. The minimum absolute atomic E-state index is 0.0608. The summed E-state index contributed by atoms with van der Waals surface area (Å²) in [5.74, 6) is 0. The third kappa shape index (κ3) is 5.59. The van der Waals surface area contributed by atoms with E-state index in [1.165, 1.54) is 118 Å². The van der Waals surface area contributed by atoms with Crippen LogP contribution in [0.3, 0.4) is 0 Å². The lowest BCUT2D eigenvalue weighted by atomic mass is 9.59. The van der Waals surface area contributed by atoms with Gasteiger partial charge in [0.05, 0.1) is 5.52 Å². The van der Waals surface area contributed by atoms with Gasteiger partial charge in [-0.25, -0.2) is 0 Å². The molecule has 0 saturated carbocycles. The predicted octanol–water partition coefficient (Wildman–Crippen LogP) is 16.3. The van der Waals surface area contributed by atoms with Crippen molar-refractivity contribution in [2.75, 3.05) is 5.32 Å². The molecular weight excluding hydrogens is 848 g/mol. The van der Waals surface area contributed by atoms with Gasteiger partial charge in [-0.05, 0) is 162 Å². The minimum Gasteiger partial charge on any atom is -0.456 e. The lowest BCUT2D eigenvalue weighted by Gasteiger charge is -2.42. The number of furan rings is 1. The monoisotopic (exact) mass is 907 g/mol. The summed E-state index contributed by atoms with van der Waals surface area (Å²) in [6.07, 6.45) is 2.38. The van der Waals surface area contributed by atoms with Gasteiger partial charge >= 0.3 is 0 Å². The fraction of sp³-hybridized carbons (Fsp3) is 0.273. The molecule has 1 N–H and O–H groups in total. The molecule has 3 heterocycles. The molecule has 0 atom stereocenters. The molecule has 0 bridgehead atoms. The maximum absolute atomic E-state index is 6.63. The SMILES string of the molecule is CC(C)(C)c1ccc(Nc2cc3c(cc2-c2ccc4c5cc6c(cc5n5c4c2[B]c2cc4oc7ccccc7c4cc2-5)-c2ccccc2C6(C)C)-c2cc4c(cc2C3(C)C)C(C)(C)CCC4(C)C)cc1. The zero-order valence-corrected chi connectivity index (χ0v) is 42.5. The van der Waals surface area contributed by atoms with E-state index in [2.05, 4.69) is 227 Å².